The molecule has 0 aromatic rings. The van der Waals surface area contributed by atoms with Gasteiger partial charge >= 0.3 is 5.97 Å². The van der Waals surface area contributed by atoms with Crippen molar-refractivity contribution in [3.8, 4) is 0 Å². The van der Waals surface area contributed by atoms with Crippen LogP contribution >= 0.6 is 0 Å². The van der Waals surface area contributed by atoms with Crippen LogP contribution in [0.5, 0.6) is 0 Å². The fourth-order valence-electron chi connectivity index (χ4n) is 2.12. The van der Waals surface area contributed by atoms with Crippen molar-refractivity contribution < 1.29 is 19.1 Å². The van der Waals surface area contributed by atoms with Crippen molar-refractivity contribution in [2.75, 3.05) is 33.4 Å². The maximum Gasteiger partial charge on any atom is 0.307 e. The average molecular weight is 272 g/mol. The summed E-state index contributed by atoms with van der Waals surface area (Å²) in [6.07, 6.45) is 0.206. The number of carbonyl (C=O) groups excluding carboxylic acids is 2. The first-order valence-corrected chi connectivity index (χ1v) is 6.64. The number of amides is 1. The van der Waals surface area contributed by atoms with Crippen LogP contribution in [0.3, 0.4) is 0 Å². The van der Waals surface area contributed by atoms with Gasteiger partial charge in [-0.3, -0.25) is 9.59 Å². The molecule has 1 heterocycles. The van der Waals surface area contributed by atoms with Crippen molar-refractivity contribution >= 4 is 11.9 Å². The number of nitrogens with two attached hydrogens (primary N) is 1. The minimum Gasteiger partial charge on any atom is -0.469 e. The van der Waals surface area contributed by atoms with Crippen LogP contribution in [0.25, 0.3) is 0 Å². The van der Waals surface area contributed by atoms with Gasteiger partial charge in [0.1, 0.15) is 0 Å². The van der Waals surface area contributed by atoms with Gasteiger partial charge in [0.15, 0.2) is 0 Å². The molecular formula is C13H24N2O4. The van der Waals surface area contributed by atoms with Crippen LogP contribution in [-0.2, 0) is 19.1 Å². The highest BCUT2D eigenvalue weighted by molar-refractivity contribution is 5.80. The molecule has 0 bridgehead atoms. The summed E-state index contributed by atoms with van der Waals surface area (Å²) < 4.78 is 9.83. The molecule has 110 valence electrons. The lowest BCUT2D eigenvalue weighted by Crippen LogP contribution is -2.45. The smallest absolute Gasteiger partial charge is 0.307 e. The van der Waals surface area contributed by atoms with Gasteiger partial charge in [0, 0.05) is 19.1 Å². The van der Waals surface area contributed by atoms with E-state index >= 15 is 0 Å². The third-order valence-electron chi connectivity index (χ3n) is 3.15. The molecular weight excluding hydrogens is 248 g/mol. The normalized spacial score (nSPS) is 22.6. The van der Waals surface area contributed by atoms with E-state index in [0.29, 0.717) is 32.2 Å². The maximum absolute atomic E-state index is 12.4. The first-order chi connectivity index (χ1) is 8.95. The number of carbonyl (C=O) groups is 2. The number of methoxy groups -OCH3 is 1. The highest BCUT2D eigenvalue weighted by atomic mass is 16.5. The second-order valence-corrected chi connectivity index (χ2v) is 5.31. The van der Waals surface area contributed by atoms with E-state index in [4.69, 9.17) is 10.5 Å². The molecule has 0 aromatic heterocycles. The Morgan fingerprint density at radius 2 is 2.11 bits per heavy atom. The number of esters is 1. The third-order valence-corrected chi connectivity index (χ3v) is 3.15. The molecule has 0 radical (unpaired) electrons. The maximum atomic E-state index is 12.4. The van der Waals surface area contributed by atoms with Gasteiger partial charge in [0.25, 0.3) is 0 Å². The highest BCUT2D eigenvalue weighted by Gasteiger charge is 2.34. The fraction of sp³-hybridized carbons (Fsp3) is 0.846. The summed E-state index contributed by atoms with van der Waals surface area (Å²) in [5.74, 6) is -0.298. The van der Waals surface area contributed by atoms with Crippen LogP contribution in [0.4, 0.5) is 0 Å². The molecule has 6 nitrogen and oxygen atoms in total. The molecule has 1 amide bonds. The minimum atomic E-state index is -0.312. The molecule has 1 rings (SSSR count). The topological polar surface area (TPSA) is 81.9 Å². The Hall–Kier alpha value is -1.14. The number of hydrogen-bond acceptors (Lipinski definition) is 5. The number of ether oxygens (including phenoxy) is 2. The van der Waals surface area contributed by atoms with Gasteiger partial charge in [-0.2, -0.15) is 0 Å². The van der Waals surface area contributed by atoms with Crippen LogP contribution in [-0.4, -0.2) is 56.2 Å². The molecule has 1 fully saturated rings. The lowest BCUT2D eigenvalue weighted by atomic mass is 10.0. The molecule has 0 spiro atoms. The van der Waals surface area contributed by atoms with Crippen molar-refractivity contribution in [2.45, 2.75) is 26.3 Å². The van der Waals surface area contributed by atoms with E-state index in [9.17, 15) is 9.59 Å². The van der Waals surface area contributed by atoms with Gasteiger partial charge in [-0.25, -0.2) is 0 Å². The van der Waals surface area contributed by atoms with Gasteiger partial charge in [0.05, 0.1) is 32.7 Å². The SMILES string of the molecule is COC(=O)CCN(CC(C)C)C(=O)C1COCC1N. The van der Waals surface area contributed by atoms with Crippen molar-refractivity contribution in [1.82, 2.24) is 4.90 Å². The Morgan fingerprint density at radius 1 is 1.42 bits per heavy atom. The van der Waals surface area contributed by atoms with Crippen LogP contribution < -0.4 is 5.73 Å². The summed E-state index contributed by atoms with van der Waals surface area (Å²) in [4.78, 5) is 25.3. The van der Waals surface area contributed by atoms with E-state index in [0.717, 1.165) is 0 Å². The lowest BCUT2D eigenvalue weighted by molar-refractivity contribution is -0.142. The molecule has 1 aliphatic heterocycles. The van der Waals surface area contributed by atoms with E-state index < -0.39 is 0 Å². The Kier molecular flexibility index (Phi) is 6.24. The zero-order valence-electron chi connectivity index (χ0n) is 11.9. The Morgan fingerprint density at radius 3 is 2.58 bits per heavy atom. The molecule has 19 heavy (non-hydrogen) atoms. The van der Waals surface area contributed by atoms with Gasteiger partial charge in [-0.05, 0) is 5.92 Å². The summed E-state index contributed by atoms with van der Waals surface area (Å²) in [6.45, 7) is 5.83. The van der Waals surface area contributed by atoms with Crippen LogP contribution in [0.1, 0.15) is 20.3 Å². The Labute approximate surface area is 114 Å². The lowest BCUT2D eigenvalue weighted by Gasteiger charge is -2.27. The number of hydrogen-bond donors (Lipinski definition) is 1. The minimum absolute atomic E-state index is 0.0254. The average Bonchev–Trinajstić information content (AvgIpc) is 2.78. The summed E-state index contributed by atoms with van der Waals surface area (Å²) >= 11 is 0. The van der Waals surface area contributed by atoms with Gasteiger partial charge in [-0.1, -0.05) is 13.8 Å². The molecule has 2 unspecified atom stereocenters. The van der Waals surface area contributed by atoms with Crippen molar-refractivity contribution in [1.29, 1.82) is 0 Å². The molecule has 0 saturated carbocycles. The van der Waals surface area contributed by atoms with E-state index in [1.165, 1.54) is 7.11 Å². The summed E-state index contributed by atoms with van der Waals surface area (Å²) in [7, 11) is 1.34. The number of rotatable bonds is 6. The molecule has 1 aliphatic rings. The van der Waals surface area contributed by atoms with E-state index in [1.807, 2.05) is 13.8 Å². The first-order valence-electron chi connectivity index (χ1n) is 6.64. The Bertz CT molecular complexity index is 320. The number of nitrogens with zero attached hydrogens (tertiary/aromatic N) is 1. The van der Waals surface area contributed by atoms with Gasteiger partial charge in [-0.15, -0.1) is 0 Å². The van der Waals surface area contributed by atoms with Gasteiger partial charge in [0.2, 0.25) is 5.91 Å². The van der Waals surface area contributed by atoms with E-state index in [1.54, 1.807) is 4.90 Å². The third kappa shape index (κ3) is 4.80. The van der Waals surface area contributed by atoms with Crippen molar-refractivity contribution in [3.63, 3.8) is 0 Å². The van der Waals surface area contributed by atoms with Crippen molar-refractivity contribution in [2.24, 2.45) is 17.6 Å². The van der Waals surface area contributed by atoms with E-state index in [2.05, 4.69) is 4.74 Å². The van der Waals surface area contributed by atoms with Crippen LogP contribution in [0, 0.1) is 11.8 Å². The second-order valence-electron chi connectivity index (χ2n) is 5.31. The first kappa shape index (κ1) is 15.9. The standard InChI is InChI=1S/C13H24N2O4/c1-9(2)6-15(5-4-12(16)18-3)13(17)10-7-19-8-11(10)14/h9-11H,4-8,14H2,1-3H3. The quantitative estimate of drug-likeness (QED) is 0.689. The highest BCUT2D eigenvalue weighted by Crippen LogP contribution is 2.16. The monoisotopic (exact) mass is 272 g/mol. The largest absolute Gasteiger partial charge is 0.469 e. The second kappa shape index (κ2) is 7.45. The Balaban J connectivity index is 2.61. The molecule has 1 saturated heterocycles. The summed E-state index contributed by atoms with van der Waals surface area (Å²) in [6, 6.07) is -0.250. The van der Waals surface area contributed by atoms with Crippen LogP contribution in [0.15, 0.2) is 0 Å². The molecule has 6 heteroatoms. The molecule has 2 atom stereocenters. The van der Waals surface area contributed by atoms with Gasteiger partial charge < -0.3 is 20.1 Å². The van der Waals surface area contributed by atoms with Crippen molar-refractivity contribution in [3.05, 3.63) is 0 Å². The van der Waals surface area contributed by atoms with Crippen LogP contribution in [0.2, 0.25) is 0 Å². The predicted octanol–water partition coefficient (Wildman–Crippen LogP) is 0.00780. The summed E-state index contributed by atoms with van der Waals surface area (Å²) in [5, 5.41) is 0. The zero-order valence-corrected chi connectivity index (χ0v) is 11.9. The fourth-order valence-corrected chi connectivity index (χ4v) is 2.12. The predicted molar refractivity (Wildman–Crippen MR) is 70.3 cm³/mol. The summed E-state index contributed by atoms with van der Waals surface area (Å²) in [5.41, 5.74) is 5.87. The molecule has 0 aromatic carbocycles. The van der Waals surface area contributed by atoms with E-state index in [-0.39, 0.29) is 30.3 Å². The molecule has 0 aliphatic carbocycles. The molecule has 2 N–H and O–H groups in total. The zero-order chi connectivity index (χ0) is 14.4.